The van der Waals surface area contributed by atoms with E-state index in [1.165, 1.54) is 6.42 Å². The Morgan fingerprint density at radius 3 is 2.53 bits per heavy atom. The normalized spacial score (nSPS) is 18.9. The Balaban J connectivity index is 2.30. The van der Waals surface area contributed by atoms with E-state index in [1.807, 2.05) is 0 Å². The van der Waals surface area contributed by atoms with E-state index in [-0.39, 0.29) is 12.5 Å². The van der Waals surface area contributed by atoms with Crippen LogP contribution in [0.1, 0.15) is 39.0 Å². The highest BCUT2D eigenvalue weighted by atomic mass is 19.3. The van der Waals surface area contributed by atoms with Gasteiger partial charge in [0.2, 0.25) is 5.91 Å². The summed E-state index contributed by atoms with van der Waals surface area (Å²) in [6.45, 7) is 0.0459. The van der Waals surface area contributed by atoms with Gasteiger partial charge in [0.25, 0.3) is 5.92 Å². The molecule has 1 amide bonds. The van der Waals surface area contributed by atoms with Crippen molar-refractivity contribution in [2.24, 2.45) is 5.92 Å². The smallest absolute Gasteiger partial charge is 0.257 e. The van der Waals surface area contributed by atoms with Crippen molar-refractivity contribution in [1.82, 2.24) is 10.6 Å². The number of carbonyl (C=O) groups is 2. The Kier molecular flexibility index (Phi) is 6.34. The van der Waals surface area contributed by atoms with Crippen LogP contribution in [0.2, 0.25) is 0 Å². The van der Waals surface area contributed by atoms with Gasteiger partial charge in [0, 0.05) is 6.92 Å². The summed E-state index contributed by atoms with van der Waals surface area (Å²) in [5, 5.41) is 4.99. The zero-order chi connectivity index (χ0) is 14.3. The topological polar surface area (TPSA) is 58.2 Å². The molecule has 0 saturated heterocycles. The van der Waals surface area contributed by atoms with Crippen LogP contribution in [-0.2, 0) is 9.59 Å². The highest BCUT2D eigenvalue weighted by Gasteiger charge is 2.25. The molecule has 0 unspecified atom stereocenters. The van der Waals surface area contributed by atoms with Gasteiger partial charge in [-0.3, -0.25) is 4.79 Å². The number of carbonyl (C=O) groups excluding carboxylic acids is 2. The molecule has 0 aromatic heterocycles. The molecule has 4 nitrogen and oxygen atoms in total. The van der Waals surface area contributed by atoms with Gasteiger partial charge in [-0.2, -0.15) is 0 Å². The maximum atomic E-state index is 12.5. The number of amides is 1. The average molecular weight is 276 g/mol. The van der Waals surface area contributed by atoms with Crippen LogP contribution in [0.5, 0.6) is 0 Å². The molecule has 110 valence electrons. The van der Waals surface area contributed by atoms with Crippen LogP contribution in [0, 0.1) is 5.92 Å². The Hall–Kier alpha value is -1.04. The molecule has 6 heteroatoms. The number of halogens is 2. The molecule has 1 aliphatic rings. The molecule has 19 heavy (non-hydrogen) atoms. The second-order valence-electron chi connectivity index (χ2n) is 5.30. The van der Waals surface area contributed by atoms with E-state index >= 15 is 0 Å². The van der Waals surface area contributed by atoms with Gasteiger partial charge in [-0.05, 0) is 18.8 Å². The molecule has 2 N–H and O–H groups in total. The molecule has 0 aromatic carbocycles. The lowest BCUT2D eigenvalue weighted by molar-refractivity contribution is -0.124. The molecule has 0 radical (unpaired) electrons. The molecule has 0 aliphatic heterocycles. The lowest BCUT2D eigenvalue weighted by atomic mass is 9.84. The third kappa shape index (κ3) is 6.61. The van der Waals surface area contributed by atoms with E-state index in [4.69, 9.17) is 0 Å². The minimum Gasteiger partial charge on any atom is -0.345 e. The molecular weight excluding hydrogens is 254 g/mol. The minimum atomic E-state index is -2.84. The predicted molar refractivity (Wildman–Crippen MR) is 68.1 cm³/mol. The second-order valence-corrected chi connectivity index (χ2v) is 5.30. The molecule has 1 atom stereocenters. The summed E-state index contributed by atoms with van der Waals surface area (Å²) >= 11 is 0. The summed E-state index contributed by atoms with van der Waals surface area (Å²) in [4.78, 5) is 22.6. The first-order chi connectivity index (χ1) is 8.92. The number of hydrogen-bond acceptors (Lipinski definition) is 3. The molecule has 1 aliphatic carbocycles. The fraction of sp³-hybridized carbons (Fsp3) is 0.846. The fourth-order valence-electron chi connectivity index (χ4n) is 2.39. The van der Waals surface area contributed by atoms with E-state index in [0.717, 1.165) is 38.9 Å². The monoisotopic (exact) mass is 276 g/mol. The minimum absolute atomic E-state index is 0.183. The summed E-state index contributed by atoms with van der Waals surface area (Å²) in [7, 11) is 0. The van der Waals surface area contributed by atoms with Crippen molar-refractivity contribution in [2.75, 3.05) is 13.1 Å². The predicted octanol–water partition coefficient (Wildman–Crippen LogP) is 1.50. The first kappa shape index (κ1) is 16.0. The van der Waals surface area contributed by atoms with E-state index in [9.17, 15) is 18.4 Å². The fourth-order valence-corrected chi connectivity index (χ4v) is 2.39. The molecule has 1 fully saturated rings. The lowest BCUT2D eigenvalue weighted by Crippen LogP contribution is -2.46. The van der Waals surface area contributed by atoms with Crippen molar-refractivity contribution in [2.45, 2.75) is 51.0 Å². The van der Waals surface area contributed by atoms with E-state index in [1.54, 1.807) is 0 Å². The van der Waals surface area contributed by atoms with Crippen LogP contribution >= 0.6 is 0 Å². The van der Waals surface area contributed by atoms with Gasteiger partial charge in [-0.1, -0.05) is 19.3 Å². The first-order valence-corrected chi connectivity index (χ1v) is 6.75. The van der Waals surface area contributed by atoms with Crippen LogP contribution in [0.15, 0.2) is 0 Å². The third-order valence-electron chi connectivity index (χ3n) is 3.35. The summed E-state index contributed by atoms with van der Waals surface area (Å²) in [5.74, 6) is -3.07. The summed E-state index contributed by atoms with van der Waals surface area (Å²) < 4.78 is 25.1. The van der Waals surface area contributed by atoms with Crippen LogP contribution in [-0.4, -0.2) is 37.2 Å². The van der Waals surface area contributed by atoms with E-state index in [0.29, 0.717) is 0 Å². The number of hydrogen-bond donors (Lipinski definition) is 2. The van der Waals surface area contributed by atoms with Gasteiger partial charge in [-0.25, -0.2) is 8.78 Å². The maximum absolute atomic E-state index is 12.5. The summed E-state index contributed by atoms with van der Waals surface area (Å²) in [6.07, 6.45) is 5.94. The standard InChI is InChI=1S/C13H22F2N2O2/c1-13(14,15)9-16-7-12(19)17-11(8-18)10-5-3-2-4-6-10/h8,10-11,16H,2-7,9H2,1H3,(H,17,19)/t11-/m1/s1. The molecular formula is C13H22F2N2O2. The zero-order valence-corrected chi connectivity index (χ0v) is 11.3. The SMILES string of the molecule is CC(F)(F)CNCC(=O)N[C@H](C=O)C1CCCCC1. The maximum Gasteiger partial charge on any atom is 0.257 e. The van der Waals surface area contributed by atoms with Crippen molar-refractivity contribution in [3.8, 4) is 0 Å². The van der Waals surface area contributed by atoms with Gasteiger partial charge in [0.1, 0.15) is 6.29 Å². The lowest BCUT2D eigenvalue weighted by Gasteiger charge is -2.27. The van der Waals surface area contributed by atoms with Gasteiger partial charge in [0.15, 0.2) is 0 Å². The van der Waals surface area contributed by atoms with E-state index < -0.39 is 24.4 Å². The van der Waals surface area contributed by atoms with Crippen molar-refractivity contribution in [3.05, 3.63) is 0 Å². The van der Waals surface area contributed by atoms with Gasteiger partial charge in [0.05, 0.1) is 19.1 Å². The van der Waals surface area contributed by atoms with Crippen molar-refractivity contribution < 1.29 is 18.4 Å². The summed E-state index contributed by atoms with van der Waals surface area (Å²) in [5.41, 5.74) is 0. The Morgan fingerprint density at radius 1 is 1.37 bits per heavy atom. The van der Waals surface area contributed by atoms with Crippen molar-refractivity contribution in [1.29, 1.82) is 0 Å². The average Bonchev–Trinajstić information content (AvgIpc) is 2.35. The molecule has 0 spiro atoms. The Morgan fingerprint density at radius 2 is 2.00 bits per heavy atom. The zero-order valence-electron chi connectivity index (χ0n) is 11.3. The van der Waals surface area contributed by atoms with Gasteiger partial charge in [-0.15, -0.1) is 0 Å². The number of nitrogens with one attached hydrogen (secondary N) is 2. The molecule has 1 saturated carbocycles. The van der Waals surface area contributed by atoms with Gasteiger partial charge >= 0.3 is 0 Å². The highest BCUT2D eigenvalue weighted by Crippen LogP contribution is 2.25. The second kappa shape index (κ2) is 7.53. The highest BCUT2D eigenvalue weighted by molar-refractivity contribution is 5.81. The largest absolute Gasteiger partial charge is 0.345 e. The number of alkyl halides is 2. The Bertz CT molecular complexity index is 300. The summed E-state index contributed by atoms with van der Waals surface area (Å²) in [6, 6.07) is -0.489. The number of rotatable bonds is 7. The van der Waals surface area contributed by atoms with Crippen molar-refractivity contribution >= 4 is 12.2 Å². The number of aldehydes is 1. The molecule has 1 rings (SSSR count). The third-order valence-corrected chi connectivity index (χ3v) is 3.35. The Labute approximate surface area is 112 Å². The van der Waals surface area contributed by atoms with Crippen LogP contribution < -0.4 is 10.6 Å². The van der Waals surface area contributed by atoms with E-state index in [2.05, 4.69) is 10.6 Å². The van der Waals surface area contributed by atoms with Gasteiger partial charge < -0.3 is 15.4 Å². The molecule has 0 heterocycles. The van der Waals surface area contributed by atoms with Crippen LogP contribution in [0.3, 0.4) is 0 Å². The van der Waals surface area contributed by atoms with Crippen LogP contribution in [0.4, 0.5) is 8.78 Å². The quantitative estimate of drug-likeness (QED) is 0.693. The van der Waals surface area contributed by atoms with Crippen molar-refractivity contribution in [3.63, 3.8) is 0 Å². The first-order valence-electron chi connectivity index (χ1n) is 6.75. The molecule has 0 bridgehead atoms. The van der Waals surface area contributed by atoms with Crippen LogP contribution in [0.25, 0.3) is 0 Å². The molecule has 0 aromatic rings.